The van der Waals surface area contributed by atoms with Gasteiger partial charge in [0.1, 0.15) is 28.0 Å². The normalized spacial score (nSPS) is 18.3. The summed E-state index contributed by atoms with van der Waals surface area (Å²) in [4.78, 5) is 5.09. The lowest BCUT2D eigenvalue weighted by molar-refractivity contribution is 0.332. The highest BCUT2D eigenvalue weighted by Crippen LogP contribution is 2.56. The van der Waals surface area contributed by atoms with E-state index in [1.807, 2.05) is 0 Å². The summed E-state index contributed by atoms with van der Waals surface area (Å²) < 4.78 is 22.1. The largest absolute Gasteiger partial charge is 0.466 e. The van der Waals surface area contributed by atoms with E-state index in [0.29, 0.717) is 0 Å². The van der Waals surface area contributed by atoms with E-state index in [2.05, 4.69) is 222 Å². The Bertz CT molecular complexity index is 4050. The molecule has 0 atom stereocenters. The number of rotatable bonds is 2. The number of fused-ring (bicyclic) bond motifs is 15. The standard InChI is InChI=1S/C68H69BN2O3/c1-63(2,3)38-19-23-40(24-20-38)70-59-48-34-50-52(68(13,14)30-28-66(50,9)10)36-56(48)74-62(59)69-58-46(32-47-42-17-15-16-18-54(42)73-61(47)60(58)70)43-31-44-45-33-49-51(67(11,12)29-27-65(49,7)8)35-55(45)72-57(44)37-53(43)71(69)41-25-21-39(22-26-41)64(4,5)6/h15-26,31-37H,27-30H2,1-14H3. The first-order valence-electron chi connectivity index (χ1n) is 27.4. The van der Waals surface area contributed by atoms with Gasteiger partial charge in [-0.15, -0.1) is 0 Å². The zero-order valence-electron chi connectivity index (χ0n) is 46.0. The van der Waals surface area contributed by atoms with Gasteiger partial charge in [0.2, 0.25) is 0 Å². The zero-order valence-corrected chi connectivity index (χ0v) is 46.0. The molecule has 2 aliphatic carbocycles. The fourth-order valence-electron chi connectivity index (χ4n) is 13.9. The van der Waals surface area contributed by atoms with E-state index < -0.39 is 0 Å². The molecule has 14 rings (SSSR count). The third-order valence-electron chi connectivity index (χ3n) is 18.7. The van der Waals surface area contributed by atoms with Gasteiger partial charge in [-0.05, 0) is 169 Å². The van der Waals surface area contributed by atoms with Crippen molar-refractivity contribution in [3.63, 3.8) is 0 Å². The highest BCUT2D eigenvalue weighted by atomic mass is 16.3. The minimum absolute atomic E-state index is 0.00126. The van der Waals surface area contributed by atoms with Gasteiger partial charge >= 0.3 is 6.85 Å². The fourth-order valence-corrected chi connectivity index (χ4v) is 13.9. The molecule has 7 aromatic carbocycles. The summed E-state index contributed by atoms with van der Waals surface area (Å²) in [6, 6.07) is 44.2. The SMILES string of the molecule is CC(C)(C)c1ccc(N2B3c4oc5cc6c(cc5c4N(c4ccc(C(C)(C)C)cc4)c4c3c(cc3c4oc4ccccc43)-c3cc4c(cc32)oc2cc3c(cc24)C(C)(C)CCC3(C)C)C(C)(C)CCC6(C)C)cc1. The number of hydrogen-bond donors (Lipinski definition) is 0. The highest BCUT2D eigenvalue weighted by Gasteiger charge is 2.51. The van der Waals surface area contributed by atoms with Gasteiger partial charge < -0.3 is 23.0 Å². The van der Waals surface area contributed by atoms with Gasteiger partial charge in [0.25, 0.3) is 0 Å². The molecule has 4 aliphatic rings. The first-order valence-corrected chi connectivity index (χ1v) is 27.4. The third kappa shape index (κ3) is 6.35. The number of hydrogen-bond acceptors (Lipinski definition) is 5. The molecule has 0 N–H and O–H groups in total. The van der Waals surface area contributed by atoms with Crippen LogP contribution in [-0.4, -0.2) is 6.85 Å². The van der Waals surface area contributed by atoms with Gasteiger partial charge in [-0.2, -0.15) is 0 Å². The number of furan rings is 3. The van der Waals surface area contributed by atoms with Gasteiger partial charge in [-0.3, -0.25) is 0 Å². The lowest BCUT2D eigenvalue weighted by atomic mass is 9.45. The van der Waals surface area contributed by atoms with Crippen LogP contribution in [0.2, 0.25) is 0 Å². The van der Waals surface area contributed by atoms with Crippen molar-refractivity contribution in [2.24, 2.45) is 0 Å². The monoisotopic (exact) mass is 973 g/mol. The van der Waals surface area contributed by atoms with Crippen molar-refractivity contribution in [1.82, 2.24) is 0 Å². The van der Waals surface area contributed by atoms with Crippen LogP contribution in [0.5, 0.6) is 0 Å². The Balaban J connectivity index is 1.15. The van der Waals surface area contributed by atoms with Crippen molar-refractivity contribution in [3.05, 3.63) is 149 Å². The summed E-state index contributed by atoms with van der Waals surface area (Å²) in [5.74, 6) is 0. The fraction of sp³-hybridized carbons (Fsp3) is 0.353. The van der Waals surface area contributed by atoms with Crippen molar-refractivity contribution in [3.8, 4) is 11.1 Å². The molecule has 0 fully saturated rings. The van der Waals surface area contributed by atoms with Crippen LogP contribution in [0.4, 0.5) is 28.4 Å². The molecule has 0 amide bonds. The molecule has 0 radical (unpaired) electrons. The quantitative estimate of drug-likeness (QED) is 0.162. The number of nitrogens with zero attached hydrogens (tertiary/aromatic N) is 2. The van der Waals surface area contributed by atoms with E-state index in [1.54, 1.807) is 0 Å². The molecule has 2 aliphatic heterocycles. The van der Waals surface area contributed by atoms with Gasteiger partial charge in [-0.1, -0.05) is 139 Å². The molecular formula is C68H69BN2O3. The third-order valence-corrected chi connectivity index (χ3v) is 18.7. The first-order chi connectivity index (χ1) is 34.9. The summed E-state index contributed by atoms with van der Waals surface area (Å²) >= 11 is 0. The molecule has 5 heterocycles. The van der Waals surface area contributed by atoms with E-state index in [9.17, 15) is 0 Å². The number of benzene rings is 7. The lowest BCUT2D eigenvalue weighted by Crippen LogP contribution is -2.61. The Hall–Kier alpha value is -6.66. The first kappa shape index (κ1) is 45.9. The molecule has 0 saturated carbocycles. The van der Waals surface area contributed by atoms with Crippen molar-refractivity contribution >= 4 is 101 Å². The maximum Gasteiger partial charge on any atom is 0.376 e. The Morgan fingerprint density at radius 3 is 1.50 bits per heavy atom. The molecule has 372 valence electrons. The van der Waals surface area contributed by atoms with Gasteiger partial charge in [0.15, 0.2) is 5.58 Å². The minimum Gasteiger partial charge on any atom is -0.466 e. The Morgan fingerprint density at radius 1 is 0.432 bits per heavy atom. The second kappa shape index (κ2) is 14.6. The van der Waals surface area contributed by atoms with Crippen LogP contribution < -0.4 is 20.8 Å². The highest BCUT2D eigenvalue weighted by molar-refractivity contribution is 6.93. The molecular weight excluding hydrogens is 904 g/mol. The summed E-state index contributed by atoms with van der Waals surface area (Å²) in [6.07, 6.45) is 4.54. The average Bonchev–Trinajstić information content (AvgIpc) is 4.18. The molecule has 3 aromatic heterocycles. The average molecular weight is 973 g/mol. The van der Waals surface area contributed by atoms with Gasteiger partial charge in [0, 0.05) is 55.6 Å². The van der Waals surface area contributed by atoms with E-state index in [-0.39, 0.29) is 39.3 Å². The van der Waals surface area contributed by atoms with Crippen molar-refractivity contribution in [2.45, 2.75) is 155 Å². The van der Waals surface area contributed by atoms with Crippen LogP contribution in [0.3, 0.4) is 0 Å². The van der Waals surface area contributed by atoms with E-state index in [4.69, 9.17) is 13.3 Å². The molecule has 0 spiro atoms. The topological polar surface area (TPSA) is 45.9 Å². The number of para-hydroxylation sites is 1. The smallest absolute Gasteiger partial charge is 0.376 e. The summed E-state index contributed by atoms with van der Waals surface area (Å²) in [5.41, 5.74) is 22.6. The maximum atomic E-state index is 7.71. The molecule has 0 saturated heterocycles. The second-order valence-corrected chi connectivity index (χ2v) is 27.5. The van der Waals surface area contributed by atoms with Crippen molar-refractivity contribution in [2.75, 3.05) is 9.71 Å². The molecule has 5 nitrogen and oxygen atoms in total. The van der Waals surface area contributed by atoms with Gasteiger partial charge in [-0.25, -0.2) is 0 Å². The summed E-state index contributed by atoms with van der Waals surface area (Å²) in [7, 11) is 0. The van der Waals surface area contributed by atoms with Crippen LogP contribution in [0.25, 0.3) is 66.0 Å². The summed E-state index contributed by atoms with van der Waals surface area (Å²) in [6.45, 7) is 32.7. The molecule has 6 heteroatoms. The van der Waals surface area contributed by atoms with Crippen molar-refractivity contribution < 1.29 is 13.3 Å². The van der Waals surface area contributed by atoms with Crippen LogP contribution in [0.1, 0.15) is 156 Å². The molecule has 74 heavy (non-hydrogen) atoms. The minimum atomic E-state index is -0.369. The lowest BCUT2D eigenvalue weighted by Gasteiger charge is -2.44. The van der Waals surface area contributed by atoms with Crippen LogP contribution in [0.15, 0.2) is 129 Å². The Kier molecular flexibility index (Phi) is 9.05. The summed E-state index contributed by atoms with van der Waals surface area (Å²) in [5, 5.41) is 5.65. The zero-order chi connectivity index (χ0) is 51.6. The van der Waals surface area contributed by atoms with E-state index >= 15 is 0 Å². The predicted octanol–water partition coefficient (Wildman–Crippen LogP) is 18.2. The van der Waals surface area contributed by atoms with Crippen LogP contribution in [0, 0.1) is 0 Å². The van der Waals surface area contributed by atoms with E-state index in [1.165, 1.54) is 55.4 Å². The second-order valence-electron chi connectivity index (χ2n) is 27.5. The molecule has 0 bridgehead atoms. The number of anilines is 5. The van der Waals surface area contributed by atoms with Crippen LogP contribution in [-0.2, 0) is 32.5 Å². The predicted molar refractivity (Wildman–Crippen MR) is 312 cm³/mol. The van der Waals surface area contributed by atoms with Crippen molar-refractivity contribution in [1.29, 1.82) is 0 Å². The maximum absolute atomic E-state index is 7.71. The molecule has 10 aromatic rings. The van der Waals surface area contributed by atoms with Gasteiger partial charge in [0.05, 0.1) is 11.4 Å². The molecule has 0 unspecified atom stereocenters. The Labute approximate surface area is 437 Å². The Morgan fingerprint density at radius 2 is 0.919 bits per heavy atom. The van der Waals surface area contributed by atoms with Crippen LogP contribution >= 0.6 is 0 Å². The van der Waals surface area contributed by atoms with E-state index in [0.717, 1.165) is 109 Å².